The summed E-state index contributed by atoms with van der Waals surface area (Å²) in [6.07, 6.45) is 0. The normalized spacial score (nSPS) is 15.1. The van der Waals surface area contributed by atoms with Crippen LogP contribution in [0.4, 0.5) is 17.1 Å². The molecule has 10 aromatic rings. The molecule has 2 aliphatic carbocycles. The number of fused-ring (bicyclic) bond motifs is 6. The SMILES string of the molecule is CC1(c2ccccc2)c2ccccc2-c2ccc(N(c3ccc(-c4cccc5c4-c4ccccc4C5(c4ccccc4)c4ccccc4)cc3)c3ccccc3-c3ccccc3)cc21. The quantitative estimate of drug-likeness (QED) is 0.148. The molecule has 0 saturated heterocycles. The van der Waals surface area contributed by atoms with Crippen molar-refractivity contribution in [3.8, 4) is 44.5 Å². The molecule has 0 aliphatic heterocycles. The summed E-state index contributed by atoms with van der Waals surface area (Å²) >= 11 is 0. The van der Waals surface area contributed by atoms with E-state index in [1.54, 1.807) is 0 Å². The molecule has 1 unspecified atom stereocenters. The summed E-state index contributed by atoms with van der Waals surface area (Å²) in [6, 6.07) is 94.0. The number of nitrogens with zero attached hydrogens (tertiary/aromatic N) is 1. The van der Waals surface area contributed by atoms with E-state index in [-0.39, 0.29) is 5.41 Å². The van der Waals surface area contributed by atoms with E-state index in [1.807, 2.05) is 0 Å². The summed E-state index contributed by atoms with van der Waals surface area (Å²) in [7, 11) is 0. The Kier molecular flexibility index (Phi) is 8.91. The van der Waals surface area contributed by atoms with Gasteiger partial charge in [-0.15, -0.1) is 0 Å². The molecule has 10 aromatic carbocycles. The van der Waals surface area contributed by atoms with Crippen LogP contribution in [-0.4, -0.2) is 0 Å². The third-order valence-electron chi connectivity index (χ3n) is 14.1. The zero-order valence-corrected chi connectivity index (χ0v) is 35.7. The van der Waals surface area contributed by atoms with Gasteiger partial charge in [-0.05, 0) is 115 Å². The zero-order chi connectivity index (χ0) is 42.7. The maximum atomic E-state index is 2.46. The standard InChI is InChI=1S/C63H45N/c1-62(46-23-8-3-9-24-46)56-33-17-14-30-53(56)54-42-41-50(43-59(54)62)64(60-36-19-16-29-51(60)44-21-6-2-7-22-44)49-39-37-45(38-40-49)52-32-20-35-58-61(52)55-31-15-18-34-57(55)63(58,47-25-10-4-11-26-47)48-27-12-5-13-28-48/h2-43H,1H3. The second-order valence-corrected chi connectivity index (χ2v) is 17.3. The van der Waals surface area contributed by atoms with Gasteiger partial charge in [0, 0.05) is 22.4 Å². The number of anilines is 3. The third kappa shape index (κ3) is 5.64. The third-order valence-corrected chi connectivity index (χ3v) is 14.1. The van der Waals surface area contributed by atoms with E-state index >= 15 is 0 Å². The van der Waals surface area contributed by atoms with Crippen molar-refractivity contribution in [3.05, 3.63) is 294 Å². The highest BCUT2D eigenvalue weighted by molar-refractivity contribution is 5.97. The van der Waals surface area contributed by atoms with Gasteiger partial charge in [0.2, 0.25) is 0 Å². The van der Waals surface area contributed by atoms with Gasteiger partial charge in [-0.1, -0.05) is 224 Å². The lowest BCUT2D eigenvalue weighted by molar-refractivity contribution is 0.714. The Balaban J connectivity index is 1.04. The van der Waals surface area contributed by atoms with Crippen LogP contribution in [0.1, 0.15) is 45.9 Å². The van der Waals surface area contributed by atoms with Crippen molar-refractivity contribution in [3.63, 3.8) is 0 Å². The molecule has 0 N–H and O–H groups in total. The second kappa shape index (κ2) is 15.1. The van der Waals surface area contributed by atoms with Crippen molar-refractivity contribution in [2.24, 2.45) is 0 Å². The van der Waals surface area contributed by atoms with Crippen LogP contribution < -0.4 is 4.90 Å². The average Bonchev–Trinajstić information content (AvgIpc) is 3.83. The fourth-order valence-corrected chi connectivity index (χ4v) is 11.2. The molecule has 0 spiro atoms. The molecular weight excluding hydrogens is 771 g/mol. The molecule has 0 amide bonds. The van der Waals surface area contributed by atoms with Crippen LogP contribution in [0.3, 0.4) is 0 Å². The Bertz CT molecular complexity index is 3280. The highest BCUT2D eigenvalue weighted by Gasteiger charge is 2.47. The Morgan fingerprint density at radius 1 is 0.297 bits per heavy atom. The number of hydrogen-bond acceptors (Lipinski definition) is 1. The van der Waals surface area contributed by atoms with Crippen LogP contribution in [0.5, 0.6) is 0 Å². The minimum absolute atomic E-state index is 0.323. The molecule has 0 aromatic heterocycles. The Hall–Kier alpha value is -8.00. The van der Waals surface area contributed by atoms with Gasteiger partial charge in [0.15, 0.2) is 0 Å². The molecule has 0 saturated carbocycles. The van der Waals surface area contributed by atoms with Gasteiger partial charge in [0.1, 0.15) is 0 Å². The van der Waals surface area contributed by atoms with E-state index < -0.39 is 5.41 Å². The number of hydrogen-bond donors (Lipinski definition) is 0. The molecule has 2 aliphatic rings. The van der Waals surface area contributed by atoms with Gasteiger partial charge < -0.3 is 4.90 Å². The summed E-state index contributed by atoms with van der Waals surface area (Å²) in [5, 5.41) is 0. The highest BCUT2D eigenvalue weighted by atomic mass is 15.1. The summed E-state index contributed by atoms with van der Waals surface area (Å²) in [5.74, 6) is 0. The summed E-state index contributed by atoms with van der Waals surface area (Å²) in [4.78, 5) is 2.46. The Morgan fingerprint density at radius 3 is 1.44 bits per heavy atom. The van der Waals surface area contributed by atoms with Gasteiger partial charge in [-0.2, -0.15) is 0 Å². The molecule has 0 fully saturated rings. The Morgan fingerprint density at radius 2 is 0.766 bits per heavy atom. The molecule has 0 radical (unpaired) electrons. The van der Waals surface area contributed by atoms with Crippen molar-refractivity contribution in [1.29, 1.82) is 0 Å². The van der Waals surface area contributed by atoms with Gasteiger partial charge in [-0.3, -0.25) is 0 Å². The van der Waals surface area contributed by atoms with Crippen molar-refractivity contribution in [2.75, 3.05) is 4.90 Å². The van der Waals surface area contributed by atoms with Crippen molar-refractivity contribution < 1.29 is 0 Å². The summed E-state index contributed by atoms with van der Waals surface area (Å²) < 4.78 is 0. The smallest absolute Gasteiger partial charge is 0.0713 e. The first-order valence-corrected chi connectivity index (χ1v) is 22.3. The lowest BCUT2D eigenvalue weighted by Crippen LogP contribution is -2.28. The lowest BCUT2D eigenvalue weighted by Gasteiger charge is -2.34. The van der Waals surface area contributed by atoms with E-state index in [0.29, 0.717) is 0 Å². The predicted molar refractivity (Wildman–Crippen MR) is 267 cm³/mol. The van der Waals surface area contributed by atoms with Gasteiger partial charge in [-0.25, -0.2) is 0 Å². The highest BCUT2D eigenvalue weighted by Crippen LogP contribution is 2.59. The molecule has 1 heteroatoms. The van der Waals surface area contributed by atoms with Crippen LogP contribution in [-0.2, 0) is 10.8 Å². The Labute approximate surface area is 376 Å². The fraction of sp³-hybridized carbons (Fsp3) is 0.0476. The second-order valence-electron chi connectivity index (χ2n) is 17.3. The van der Waals surface area contributed by atoms with Crippen molar-refractivity contribution in [1.82, 2.24) is 0 Å². The summed E-state index contributed by atoms with van der Waals surface area (Å²) in [6.45, 7) is 2.40. The zero-order valence-electron chi connectivity index (χ0n) is 35.7. The van der Waals surface area contributed by atoms with E-state index in [2.05, 4.69) is 267 Å². The molecule has 0 bridgehead atoms. The van der Waals surface area contributed by atoms with Crippen molar-refractivity contribution in [2.45, 2.75) is 17.8 Å². The molecule has 64 heavy (non-hydrogen) atoms. The van der Waals surface area contributed by atoms with E-state index in [0.717, 1.165) is 17.1 Å². The van der Waals surface area contributed by atoms with Gasteiger partial charge in [0.25, 0.3) is 0 Å². The minimum atomic E-state index is -0.455. The maximum Gasteiger partial charge on any atom is 0.0713 e. The van der Waals surface area contributed by atoms with Crippen molar-refractivity contribution >= 4 is 17.1 Å². The van der Waals surface area contributed by atoms with E-state index in [4.69, 9.17) is 0 Å². The first-order valence-electron chi connectivity index (χ1n) is 22.3. The predicted octanol–water partition coefficient (Wildman–Crippen LogP) is 16.2. The minimum Gasteiger partial charge on any atom is -0.310 e. The van der Waals surface area contributed by atoms with Crippen LogP contribution in [0.2, 0.25) is 0 Å². The fourth-order valence-electron chi connectivity index (χ4n) is 11.2. The molecule has 1 atom stereocenters. The molecule has 1 nitrogen and oxygen atoms in total. The molecule has 12 rings (SSSR count). The average molecular weight is 816 g/mol. The number of benzene rings is 10. The van der Waals surface area contributed by atoms with E-state index in [9.17, 15) is 0 Å². The lowest BCUT2D eigenvalue weighted by atomic mass is 9.67. The first-order chi connectivity index (χ1) is 31.7. The first kappa shape index (κ1) is 37.7. The van der Waals surface area contributed by atoms with Gasteiger partial charge >= 0.3 is 0 Å². The van der Waals surface area contributed by atoms with Crippen LogP contribution in [0.25, 0.3) is 44.5 Å². The topological polar surface area (TPSA) is 3.24 Å². The van der Waals surface area contributed by atoms with Gasteiger partial charge in [0.05, 0.1) is 11.1 Å². The largest absolute Gasteiger partial charge is 0.310 e. The van der Waals surface area contributed by atoms with E-state index in [1.165, 1.54) is 83.5 Å². The molecule has 0 heterocycles. The number of para-hydroxylation sites is 1. The molecular formula is C63H45N. The van der Waals surface area contributed by atoms with Crippen LogP contribution >= 0.6 is 0 Å². The molecule has 302 valence electrons. The van der Waals surface area contributed by atoms with Crippen LogP contribution in [0.15, 0.2) is 255 Å². The maximum absolute atomic E-state index is 2.46. The summed E-state index contributed by atoms with van der Waals surface area (Å²) in [5.41, 5.74) is 21.6. The number of rotatable bonds is 8. The van der Waals surface area contributed by atoms with Crippen LogP contribution in [0, 0.1) is 0 Å². The monoisotopic (exact) mass is 815 g/mol.